The molecule has 7 nitrogen and oxygen atoms in total. The van der Waals surface area contributed by atoms with E-state index in [0.29, 0.717) is 24.9 Å². The molecule has 0 bridgehead atoms. The first-order valence-electron chi connectivity index (χ1n) is 9.62. The predicted molar refractivity (Wildman–Crippen MR) is 125 cm³/mol. The summed E-state index contributed by atoms with van der Waals surface area (Å²) < 4.78 is 48.2. The number of ether oxygens (including phenoxy) is 1. The maximum atomic E-state index is 13.6. The third-order valence-electron chi connectivity index (χ3n) is 4.09. The molecule has 0 saturated carbocycles. The van der Waals surface area contributed by atoms with Gasteiger partial charge in [0.1, 0.15) is 23.5 Å². The van der Waals surface area contributed by atoms with Crippen LogP contribution in [-0.4, -0.2) is 44.8 Å². The first-order chi connectivity index (χ1) is 13.9. The quantitative estimate of drug-likeness (QED) is 0.329. The van der Waals surface area contributed by atoms with Crippen molar-refractivity contribution in [1.29, 1.82) is 0 Å². The van der Waals surface area contributed by atoms with E-state index in [-0.39, 0.29) is 41.8 Å². The van der Waals surface area contributed by atoms with Gasteiger partial charge in [0.2, 0.25) is 0 Å². The molecule has 0 saturated heterocycles. The minimum atomic E-state index is -4.51. The van der Waals surface area contributed by atoms with Crippen molar-refractivity contribution in [3.63, 3.8) is 0 Å². The fraction of sp³-hybridized carbons (Fsp3) is 0.550. The third-order valence-corrected chi connectivity index (χ3v) is 4.09. The molecular formula is C20H30F3IN6O. The molecule has 0 aliphatic heterocycles. The Labute approximate surface area is 198 Å². The molecule has 174 valence electrons. The van der Waals surface area contributed by atoms with Gasteiger partial charge in [-0.3, -0.25) is 4.68 Å². The fourth-order valence-electron chi connectivity index (χ4n) is 2.75. The number of benzene rings is 1. The van der Waals surface area contributed by atoms with E-state index >= 15 is 0 Å². The summed E-state index contributed by atoms with van der Waals surface area (Å²) in [4.78, 5) is 10.4. The average molecular weight is 554 g/mol. The van der Waals surface area contributed by atoms with E-state index in [1.807, 2.05) is 6.92 Å². The van der Waals surface area contributed by atoms with Crippen LogP contribution in [0.25, 0.3) is 0 Å². The highest BCUT2D eigenvalue weighted by Gasteiger charge is 2.34. The van der Waals surface area contributed by atoms with Crippen LogP contribution in [0.2, 0.25) is 0 Å². The summed E-state index contributed by atoms with van der Waals surface area (Å²) in [6.07, 6.45) is -3.06. The van der Waals surface area contributed by atoms with Crippen molar-refractivity contribution in [3.8, 4) is 5.75 Å². The molecule has 2 rings (SSSR count). The molecule has 31 heavy (non-hydrogen) atoms. The third kappa shape index (κ3) is 8.19. The Morgan fingerprint density at radius 3 is 2.45 bits per heavy atom. The Morgan fingerprint density at radius 1 is 1.26 bits per heavy atom. The number of guanidine groups is 1. The fourth-order valence-corrected chi connectivity index (χ4v) is 2.75. The van der Waals surface area contributed by atoms with E-state index in [2.05, 4.69) is 20.4 Å². The number of aromatic nitrogens is 3. The molecule has 1 aromatic carbocycles. The van der Waals surface area contributed by atoms with Crippen LogP contribution in [0.4, 0.5) is 13.2 Å². The molecule has 0 spiro atoms. The number of nitrogens with zero attached hydrogens (tertiary/aromatic N) is 5. The molecule has 11 heteroatoms. The van der Waals surface area contributed by atoms with Gasteiger partial charge in [0.15, 0.2) is 5.96 Å². The van der Waals surface area contributed by atoms with Crippen molar-refractivity contribution in [2.24, 2.45) is 12.0 Å². The molecule has 1 heterocycles. The highest BCUT2D eigenvalue weighted by atomic mass is 127. The van der Waals surface area contributed by atoms with Gasteiger partial charge in [-0.1, -0.05) is 6.07 Å². The van der Waals surface area contributed by atoms with E-state index in [4.69, 9.17) is 4.74 Å². The zero-order chi connectivity index (χ0) is 22.5. The van der Waals surface area contributed by atoms with Gasteiger partial charge in [-0.25, -0.2) is 9.98 Å². The normalized spacial score (nSPS) is 12.4. The molecule has 0 amide bonds. The van der Waals surface area contributed by atoms with Crippen molar-refractivity contribution >= 4 is 29.9 Å². The van der Waals surface area contributed by atoms with E-state index in [9.17, 15) is 13.2 Å². The van der Waals surface area contributed by atoms with Crippen LogP contribution in [0.1, 0.15) is 44.6 Å². The number of halogens is 4. The van der Waals surface area contributed by atoms with Crippen LogP contribution in [0.5, 0.6) is 5.75 Å². The van der Waals surface area contributed by atoms with Crippen molar-refractivity contribution in [2.75, 3.05) is 13.6 Å². The predicted octanol–water partition coefficient (Wildman–Crippen LogP) is 4.23. The Bertz CT molecular complexity index is 877. The first kappa shape index (κ1) is 27.0. The van der Waals surface area contributed by atoms with Crippen LogP contribution >= 0.6 is 24.0 Å². The lowest BCUT2D eigenvalue weighted by Crippen LogP contribution is -2.39. The molecule has 2 aromatic rings. The molecule has 0 fully saturated rings. The van der Waals surface area contributed by atoms with Crippen molar-refractivity contribution in [2.45, 2.75) is 52.6 Å². The standard InChI is InChI=1S/C20H29F3N6O.HI/c1-7-24-18(28(5)12-17-26-13-27-29(17)6)25-11-14-8-9-15(30-19(2,3)4)10-16(14)20(21,22)23;/h8-10,13H,7,11-12H2,1-6H3,(H,24,25);1H. The van der Waals surface area contributed by atoms with Crippen LogP contribution in [0.15, 0.2) is 29.5 Å². The molecule has 0 atom stereocenters. The Kier molecular flexibility index (Phi) is 9.58. The van der Waals surface area contributed by atoms with E-state index in [1.54, 1.807) is 50.5 Å². The summed E-state index contributed by atoms with van der Waals surface area (Å²) in [6, 6.07) is 3.99. The highest BCUT2D eigenvalue weighted by Crippen LogP contribution is 2.35. The van der Waals surface area contributed by atoms with Gasteiger partial charge < -0.3 is 15.0 Å². The maximum Gasteiger partial charge on any atom is 0.416 e. The number of hydrogen-bond donors (Lipinski definition) is 1. The van der Waals surface area contributed by atoms with Gasteiger partial charge in [-0.2, -0.15) is 18.3 Å². The number of hydrogen-bond acceptors (Lipinski definition) is 4. The maximum absolute atomic E-state index is 13.6. The lowest BCUT2D eigenvalue weighted by molar-refractivity contribution is -0.138. The number of aliphatic imine (C=N–C) groups is 1. The summed E-state index contributed by atoms with van der Waals surface area (Å²) in [5.74, 6) is 1.36. The van der Waals surface area contributed by atoms with Gasteiger partial charge in [0, 0.05) is 20.6 Å². The summed E-state index contributed by atoms with van der Waals surface area (Å²) in [5, 5.41) is 7.12. The van der Waals surface area contributed by atoms with Crippen LogP contribution < -0.4 is 10.1 Å². The average Bonchev–Trinajstić information content (AvgIpc) is 3.01. The van der Waals surface area contributed by atoms with Gasteiger partial charge >= 0.3 is 6.18 Å². The minimum absolute atomic E-state index is 0. The SMILES string of the molecule is CCNC(=NCc1ccc(OC(C)(C)C)cc1C(F)(F)F)N(C)Cc1ncnn1C.I. The zero-order valence-corrected chi connectivity index (χ0v) is 20.9. The Balaban J connectivity index is 0.00000480. The van der Waals surface area contributed by atoms with Crippen molar-refractivity contribution in [3.05, 3.63) is 41.5 Å². The van der Waals surface area contributed by atoms with Crippen LogP contribution in [0, 0.1) is 0 Å². The van der Waals surface area contributed by atoms with Gasteiger partial charge in [-0.15, -0.1) is 24.0 Å². The van der Waals surface area contributed by atoms with E-state index in [1.165, 1.54) is 12.4 Å². The summed E-state index contributed by atoms with van der Waals surface area (Å²) in [6.45, 7) is 8.11. The topological polar surface area (TPSA) is 67.6 Å². The van der Waals surface area contributed by atoms with E-state index < -0.39 is 17.3 Å². The monoisotopic (exact) mass is 554 g/mol. The van der Waals surface area contributed by atoms with Gasteiger partial charge in [-0.05, 0) is 45.4 Å². The Morgan fingerprint density at radius 2 is 1.94 bits per heavy atom. The summed E-state index contributed by atoms with van der Waals surface area (Å²) in [5.41, 5.74) is -1.27. The second-order valence-electron chi connectivity index (χ2n) is 7.86. The van der Waals surface area contributed by atoms with Crippen molar-refractivity contribution in [1.82, 2.24) is 25.0 Å². The molecule has 1 aromatic heterocycles. The smallest absolute Gasteiger partial charge is 0.416 e. The first-order valence-corrected chi connectivity index (χ1v) is 9.62. The van der Waals surface area contributed by atoms with Crippen molar-refractivity contribution < 1.29 is 17.9 Å². The second kappa shape index (κ2) is 11.0. The molecule has 0 unspecified atom stereocenters. The van der Waals surface area contributed by atoms with Gasteiger partial charge in [0.05, 0.1) is 18.7 Å². The number of alkyl halides is 3. The molecule has 0 radical (unpaired) electrons. The molecular weight excluding hydrogens is 524 g/mol. The van der Waals surface area contributed by atoms with Crippen LogP contribution in [0.3, 0.4) is 0 Å². The number of nitrogens with one attached hydrogen (secondary N) is 1. The highest BCUT2D eigenvalue weighted by molar-refractivity contribution is 14.0. The van der Waals surface area contributed by atoms with E-state index in [0.717, 1.165) is 6.07 Å². The summed E-state index contributed by atoms with van der Waals surface area (Å²) >= 11 is 0. The lowest BCUT2D eigenvalue weighted by Gasteiger charge is -2.23. The minimum Gasteiger partial charge on any atom is -0.488 e. The second-order valence-corrected chi connectivity index (χ2v) is 7.86. The largest absolute Gasteiger partial charge is 0.488 e. The van der Waals surface area contributed by atoms with Crippen LogP contribution in [-0.2, 0) is 26.3 Å². The molecule has 0 aliphatic rings. The summed E-state index contributed by atoms with van der Waals surface area (Å²) in [7, 11) is 3.57. The molecule has 1 N–H and O–H groups in total. The molecule has 0 aliphatic carbocycles. The number of aryl methyl sites for hydroxylation is 1. The number of rotatable bonds is 6. The Hall–Kier alpha value is -2.05. The van der Waals surface area contributed by atoms with Gasteiger partial charge in [0.25, 0.3) is 0 Å². The zero-order valence-electron chi connectivity index (χ0n) is 18.6. The lowest BCUT2D eigenvalue weighted by atomic mass is 10.1.